The van der Waals surface area contributed by atoms with E-state index >= 15 is 0 Å². The number of tetrazole rings is 1. The Hall–Kier alpha value is -1.95. The number of hydrogen-bond donors (Lipinski definition) is 1. The summed E-state index contributed by atoms with van der Waals surface area (Å²) in [4.78, 5) is 11.7. The lowest BCUT2D eigenvalue weighted by molar-refractivity contribution is -0.120. The maximum atomic E-state index is 11.7. The molecule has 0 radical (unpaired) electrons. The zero-order chi connectivity index (χ0) is 13.7. The summed E-state index contributed by atoms with van der Waals surface area (Å²) in [5, 5.41) is 14.2. The minimum absolute atomic E-state index is 0.0482. The predicted molar refractivity (Wildman–Crippen MR) is 70.7 cm³/mol. The fourth-order valence-electron chi connectivity index (χ4n) is 1.59. The van der Waals surface area contributed by atoms with Crippen LogP contribution in [0.3, 0.4) is 0 Å². The predicted octanol–water partition coefficient (Wildman–Crippen LogP) is 0.994. The van der Waals surface area contributed by atoms with E-state index in [0.717, 1.165) is 11.1 Å². The van der Waals surface area contributed by atoms with Crippen LogP contribution in [-0.2, 0) is 17.8 Å². The maximum absolute atomic E-state index is 11.7. The number of halogens is 1. The van der Waals surface area contributed by atoms with E-state index in [4.69, 9.17) is 11.6 Å². The first-order chi connectivity index (χ1) is 9.15. The summed E-state index contributed by atoms with van der Waals surface area (Å²) in [5.74, 6) is -0.0482. The molecular weight excluding hydrogens is 266 g/mol. The Morgan fingerprint density at radius 1 is 1.47 bits per heavy atom. The van der Waals surface area contributed by atoms with Crippen molar-refractivity contribution in [2.75, 3.05) is 6.54 Å². The Labute approximate surface area is 115 Å². The Balaban J connectivity index is 1.79. The Morgan fingerprint density at radius 2 is 2.32 bits per heavy atom. The highest BCUT2D eigenvalue weighted by molar-refractivity contribution is 6.31. The quantitative estimate of drug-likeness (QED) is 0.886. The molecule has 100 valence electrons. The van der Waals surface area contributed by atoms with Crippen LogP contribution < -0.4 is 5.32 Å². The molecule has 0 saturated heterocycles. The summed E-state index contributed by atoms with van der Waals surface area (Å²) >= 11 is 6.01. The van der Waals surface area contributed by atoms with Crippen LogP contribution in [0.15, 0.2) is 24.5 Å². The molecule has 1 amide bonds. The van der Waals surface area contributed by atoms with E-state index in [0.29, 0.717) is 24.5 Å². The number of hydrogen-bond acceptors (Lipinski definition) is 4. The zero-order valence-electron chi connectivity index (χ0n) is 10.5. The van der Waals surface area contributed by atoms with Crippen molar-refractivity contribution in [2.24, 2.45) is 0 Å². The minimum Gasteiger partial charge on any atom is -0.354 e. The van der Waals surface area contributed by atoms with Gasteiger partial charge in [-0.05, 0) is 34.5 Å². The second-order valence-corrected chi connectivity index (χ2v) is 4.59. The van der Waals surface area contributed by atoms with Gasteiger partial charge in [-0.3, -0.25) is 4.79 Å². The molecule has 7 heteroatoms. The highest BCUT2D eigenvalue weighted by Crippen LogP contribution is 2.16. The summed E-state index contributed by atoms with van der Waals surface area (Å²) < 4.78 is 1.56. The lowest BCUT2D eigenvalue weighted by atomic mass is 10.1. The van der Waals surface area contributed by atoms with Crippen molar-refractivity contribution < 1.29 is 4.79 Å². The van der Waals surface area contributed by atoms with Crippen LogP contribution in [0.4, 0.5) is 0 Å². The van der Waals surface area contributed by atoms with E-state index in [1.807, 2.05) is 25.1 Å². The number of carbonyl (C=O) groups excluding carboxylic acids is 1. The monoisotopic (exact) mass is 279 g/mol. The van der Waals surface area contributed by atoms with Crippen molar-refractivity contribution in [1.82, 2.24) is 25.5 Å². The average molecular weight is 280 g/mol. The first kappa shape index (κ1) is 13.5. The van der Waals surface area contributed by atoms with Crippen LogP contribution in [0.2, 0.25) is 5.02 Å². The van der Waals surface area contributed by atoms with Crippen LogP contribution >= 0.6 is 11.6 Å². The molecule has 6 nitrogen and oxygen atoms in total. The summed E-state index contributed by atoms with van der Waals surface area (Å²) in [6.07, 6.45) is 1.82. The Morgan fingerprint density at radius 3 is 3.00 bits per heavy atom. The number of nitrogens with zero attached hydrogens (tertiary/aromatic N) is 4. The van der Waals surface area contributed by atoms with Crippen molar-refractivity contribution in [3.8, 4) is 0 Å². The van der Waals surface area contributed by atoms with Crippen molar-refractivity contribution in [2.45, 2.75) is 19.9 Å². The van der Waals surface area contributed by atoms with Crippen molar-refractivity contribution >= 4 is 17.5 Å². The third-order valence-corrected chi connectivity index (χ3v) is 3.06. The Kier molecular flexibility index (Phi) is 4.46. The van der Waals surface area contributed by atoms with Crippen molar-refractivity contribution in [3.63, 3.8) is 0 Å². The molecule has 0 bridgehead atoms. The summed E-state index contributed by atoms with van der Waals surface area (Å²) in [6.45, 7) is 2.97. The fourth-order valence-corrected chi connectivity index (χ4v) is 1.79. The molecule has 0 atom stereocenters. The number of rotatable bonds is 5. The molecule has 1 aromatic carbocycles. The number of carbonyl (C=O) groups is 1. The molecule has 0 saturated carbocycles. The zero-order valence-corrected chi connectivity index (χ0v) is 11.3. The molecular formula is C12H14ClN5O. The summed E-state index contributed by atoms with van der Waals surface area (Å²) in [5.41, 5.74) is 1.90. The first-order valence-electron chi connectivity index (χ1n) is 5.87. The van der Waals surface area contributed by atoms with Gasteiger partial charge in [0.15, 0.2) is 0 Å². The molecule has 19 heavy (non-hydrogen) atoms. The third kappa shape index (κ3) is 4.03. The van der Waals surface area contributed by atoms with E-state index < -0.39 is 0 Å². The standard InChI is InChI=1S/C12H14ClN5O/c1-9-2-3-10(6-11(9)13)7-12(19)14-4-5-18-8-15-16-17-18/h2-3,6,8H,4-5,7H2,1H3,(H,14,19). The maximum Gasteiger partial charge on any atom is 0.224 e. The van der Waals surface area contributed by atoms with Gasteiger partial charge in [0, 0.05) is 11.6 Å². The second kappa shape index (κ2) is 6.29. The van der Waals surface area contributed by atoms with E-state index in [-0.39, 0.29) is 5.91 Å². The Bertz CT molecular complexity index is 555. The molecule has 0 unspecified atom stereocenters. The number of amides is 1. The highest BCUT2D eigenvalue weighted by Gasteiger charge is 2.05. The summed E-state index contributed by atoms with van der Waals surface area (Å²) in [7, 11) is 0. The number of aromatic nitrogens is 4. The topological polar surface area (TPSA) is 72.7 Å². The summed E-state index contributed by atoms with van der Waals surface area (Å²) in [6, 6.07) is 5.63. The molecule has 2 aromatic rings. The molecule has 0 aliphatic heterocycles. The van der Waals surface area contributed by atoms with Gasteiger partial charge < -0.3 is 5.32 Å². The molecule has 1 N–H and O–H groups in total. The first-order valence-corrected chi connectivity index (χ1v) is 6.25. The second-order valence-electron chi connectivity index (χ2n) is 4.18. The van der Waals surface area contributed by atoms with Gasteiger partial charge in [0.1, 0.15) is 6.33 Å². The number of nitrogens with one attached hydrogen (secondary N) is 1. The van der Waals surface area contributed by atoms with Gasteiger partial charge in [-0.1, -0.05) is 23.7 Å². The molecule has 0 fully saturated rings. The van der Waals surface area contributed by atoms with E-state index in [1.54, 1.807) is 4.68 Å². The average Bonchev–Trinajstić information content (AvgIpc) is 2.87. The largest absolute Gasteiger partial charge is 0.354 e. The van der Waals surface area contributed by atoms with Gasteiger partial charge in [0.25, 0.3) is 0 Å². The molecule has 0 spiro atoms. The van der Waals surface area contributed by atoms with E-state index in [1.165, 1.54) is 6.33 Å². The van der Waals surface area contributed by atoms with Crippen LogP contribution in [0.1, 0.15) is 11.1 Å². The van der Waals surface area contributed by atoms with Crippen molar-refractivity contribution in [1.29, 1.82) is 0 Å². The highest BCUT2D eigenvalue weighted by atomic mass is 35.5. The van der Waals surface area contributed by atoms with Crippen LogP contribution in [0.25, 0.3) is 0 Å². The molecule has 1 heterocycles. The van der Waals surface area contributed by atoms with E-state index in [2.05, 4.69) is 20.8 Å². The fraction of sp³-hybridized carbons (Fsp3) is 0.333. The third-order valence-electron chi connectivity index (χ3n) is 2.66. The van der Waals surface area contributed by atoms with Gasteiger partial charge in [-0.25, -0.2) is 4.68 Å². The van der Waals surface area contributed by atoms with Gasteiger partial charge in [-0.2, -0.15) is 0 Å². The van der Waals surface area contributed by atoms with Gasteiger partial charge >= 0.3 is 0 Å². The van der Waals surface area contributed by atoms with Gasteiger partial charge in [-0.15, -0.1) is 5.10 Å². The molecule has 0 aliphatic carbocycles. The van der Waals surface area contributed by atoms with Crippen LogP contribution in [0, 0.1) is 6.92 Å². The molecule has 2 rings (SSSR count). The van der Waals surface area contributed by atoms with Gasteiger partial charge in [0.05, 0.1) is 13.0 Å². The lowest BCUT2D eigenvalue weighted by Crippen LogP contribution is -2.28. The molecule has 1 aromatic heterocycles. The van der Waals surface area contributed by atoms with Crippen LogP contribution in [-0.4, -0.2) is 32.7 Å². The van der Waals surface area contributed by atoms with E-state index in [9.17, 15) is 4.79 Å². The lowest BCUT2D eigenvalue weighted by Gasteiger charge is -2.06. The van der Waals surface area contributed by atoms with Gasteiger partial charge in [0.2, 0.25) is 5.91 Å². The normalized spacial score (nSPS) is 10.4. The smallest absolute Gasteiger partial charge is 0.224 e. The number of aryl methyl sites for hydroxylation is 1. The SMILES string of the molecule is Cc1ccc(CC(=O)NCCn2cnnn2)cc1Cl. The van der Waals surface area contributed by atoms with Crippen LogP contribution in [0.5, 0.6) is 0 Å². The van der Waals surface area contributed by atoms with Crippen molar-refractivity contribution in [3.05, 3.63) is 40.7 Å². The minimum atomic E-state index is -0.0482. The molecule has 0 aliphatic rings. The number of benzene rings is 1.